The Bertz CT molecular complexity index is 1020. The van der Waals surface area contributed by atoms with Crippen LogP contribution < -0.4 is 5.32 Å². The van der Waals surface area contributed by atoms with Crippen LogP contribution in [0.5, 0.6) is 0 Å². The van der Waals surface area contributed by atoms with Crippen molar-refractivity contribution in [2.45, 2.75) is 51.6 Å². The Morgan fingerprint density at radius 1 is 1.03 bits per heavy atom. The monoisotopic (exact) mass is 419 g/mol. The summed E-state index contributed by atoms with van der Waals surface area (Å²) in [6.07, 6.45) is 0.424. The van der Waals surface area contributed by atoms with E-state index in [0.29, 0.717) is 18.5 Å². The second-order valence-electron chi connectivity index (χ2n) is 9.69. The lowest BCUT2D eigenvalue weighted by Crippen LogP contribution is -2.49. The number of nitrogens with zero attached hydrogens (tertiary/aromatic N) is 2. The van der Waals surface area contributed by atoms with Crippen LogP contribution in [-0.2, 0) is 16.8 Å². The number of nitrogens with one attached hydrogen (secondary N) is 1. The van der Waals surface area contributed by atoms with E-state index in [1.165, 1.54) is 4.90 Å². The topological polar surface area (TPSA) is 69.7 Å². The second kappa shape index (κ2) is 7.52. The standard InChI is InChI=1S/C25H29N3O3/c1-17-5-7-18(8-6-17)15-28-22(30)25(26-23(28)31)13-14-27(16-25)21(29)19-9-11-20(12-10-19)24(2,3)4/h5-12H,13-16H2,1-4H3,(H,26,31). The molecule has 2 aromatic rings. The van der Waals surface area contributed by atoms with Gasteiger partial charge in [0.1, 0.15) is 5.54 Å². The van der Waals surface area contributed by atoms with Crippen molar-refractivity contribution < 1.29 is 14.4 Å². The Morgan fingerprint density at radius 3 is 2.29 bits per heavy atom. The molecule has 0 saturated carbocycles. The average Bonchev–Trinajstić information content (AvgIpc) is 3.25. The minimum absolute atomic E-state index is 0.0146. The van der Waals surface area contributed by atoms with Crippen molar-refractivity contribution in [1.29, 1.82) is 0 Å². The summed E-state index contributed by atoms with van der Waals surface area (Å²) in [5.41, 5.74) is 2.77. The molecule has 0 aliphatic carbocycles. The van der Waals surface area contributed by atoms with Gasteiger partial charge < -0.3 is 10.2 Å². The Morgan fingerprint density at radius 2 is 1.68 bits per heavy atom. The van der Waals surface area contributed by atoms with Crippen LogP contribution in [0.15, 0.2) is 48.5 Å². The summed E-state index contributed by atoms with van der Waals surface area (Å²) in [5.74, 6) is -0.368. The Labute approximate surface area is 183 Å². The van der Waals surface area contributed by atoms with E-state index in [2.05, 4.69) is 26.1 Å². The lowest BCUT2D eigenvalue weighted by molar-refractivity contribution is -0.131. The molecule has 0 radical (unpaired) electrons. The van der Waals surface area contributed by atoms with Gasteiger partial charge in [-0.2, -0.15) is 0 Å². The fourth-order valence-electron chi connectivity index (χ4n) is 4.25. The van der Waals surface area contributed by atoms with Gasteiger partial charge in [0.15, 0.2) is 0 Å². The van der Waals surface area contributed by atoms with Crippen LogP contribution in [0.25, 0.3) is 0 Å². The smallest absolute Gasteiger partial charge is 0.325 e. The molecule has 2 aliphatic rings. The number of benzene rings is 2. The van der Waals surface area contributed by atoms with Gasteiger partial charge >= 0.3 is 6.03 Å². The highest BCUT2D eigenvalue weighted by Crippen LogP contribution is 2.31. The molecule has 31 heavy (non-hydrogen) atoms. The van der Waals surface area contributed by atoms with E-state index in [1.54, 1.807) is 4.90 Å². The maximum Gasteiger partial charge on any atom is 0.325 e. The summed E-state index contributed by atoms with van der Waals surface area (Å²) >= 11 is 0. The zero-order valence-electron chi connectivity index (χ0n) is 18.6. The Hall–Kier alpha value is -3.15. The molecular formula is C25H29N3O3. The van der Waals surface area contributed by atoms with Crippen LogP contribution >= 0.6 is 0 Å². The van der Waals surface area contributed by atoms with Crippen LogP contribution in [0, 0.1) is 6.92 Å². The normalized spacial score (nSPS) is 21.2. The molecule has 2 heterocycles. The molecule has 6 nitrogen and oxygen atoms in total. The summed E-state index contributed by atoms with van der Waals surface area (Å²) in [5, 5.41) is 2.87. The van der Waals surface area contributed by atoms with E-state index in [0.717, 1.165) is 16.7 Å². The van der Waals surface area contributed by atoms with E-state index >= 15 is 0 Å². The lowest BCUT2D eigenvalue weighted by atomic mass is 9.86. The minimum atomic E-state index is -1.03. The summed E-state index contributed by atoms with van der Waals surface area (Å²) in [7, 11) is 0. The molecule has 1 N–H and O–H groups in total. The fraction of sp³-hybridized carbons (Fsp3) is 0.400. The first-order chi connectivity index (χ1) is 14.6. The van der Waals surface area contributed by atoms with Gasteiger partial charge in [-0.1, -0.05) is 62.7 Å². The molecule has 4 amide bonds. The number of likely N-dealkylation sites (tertiary alicyclic amines) is 1. The highest BCUT2D eigenvalue weighted by molar-refractivity contribution is 6.08. The number of carbonyl (C=O) groups is 3. The third-order valence-electron chi connectivity index (χ3n) is 6.26. The SMILES string of the molecule is Cc1ccc(CN2C(=O)NC3(CCN(C(=O)c4ccc(C(C)(C)C)cc4)C3)C2=O)cc1. The molecule has 6 heteroatoms. The highest BCUT2D eigenvalue weighted by Gasteiger charge is 2.55. The zero-order valence-corrected chi connectivity index (χ0v) is 18.6. The number of carbonyl (C=O) groups excluding carboxylic acids is 3. The molecule has 4 rings (SSSR count). The molecule has 1 atom stereocenters. The highest BCUT2D eigenvalue weighted by atomic mass is 16.2. The molecule has 2 saturated heterocycles. The van der Waals surface area contributed by atoms with Gasteiger partial charge in [-0.25, -0.2) is 4.79 Å². The van der Waals surface area contributed by atoms with Gasteiger partial charge in [-0.05, 0) is 42.0 Å². The maximum absolute atomic E-state index is 13.2. The average molecular weight is 420 g/mol. The van der Waals surface area contributed by atoms with Crippen LogP contribution in [0.2, 0.25) is 0 Å². The first-order valence-corrected chi connectivity index (χ1v) is 10.7. The van der Waals surface area contributed by atoms with Gasteiger partial charge in [0.25, 0.3) is 11.8 Å². The molecule has 162 valence electrons. The van der Waals surface area contributed by atoms with E-state index in [1.807, 2.05) is 55.5 Å². The third-order valence-corrected chi connectivity index (χ3v) is 6.26. The first kappa shape index (κ1) is 21.1. The van der Waals surface area contributed by atoms with Crippen molar-refractivity contribution in [3.05, 3.63) is 70.8 Å². The number of hydrogen-bond acceptors (Lipinski definition) is 3. The largest absolute Gasteiger partial charge is 0.336 e. The fourth-order valence-corrected chi connectivity index (χ4v) is 4.25. The first-order valence-electron chi connectivity index (χ1n) is 10.7. The number of hydrogen-bond donors (Lipinski definition) is 1. The van der Waals surface area contributed by atoms with Crippen molar-refractivity contribution in [3.8, 4) is 0 Å². The van der Waals surface area contributed by atoms with Crippen molar-refractivity contribution in [2.75, 3.05) is 13.1 Å². The lowest BCUT2D eigenvalue weighted by Gasteiger charge is -2.23. The van der Waals surface area contributed by atoms with Crippen LogP contribution in [-0.4, -0.2) is 46.3 Å². The molecule has 2 fully saturated rings. The molecule has 0 aromatic heterocycles. The molecule has 1 spiro atoms. The third kappa shape index (κ3) is 3.94. The van der Waals surface area contributed by atoms with Crippen LogP contribution in [0.1, 0.15) is 54.2 Å². The second-order valence-corrected chi connectivity index (χ2v) is 9.69. The van der Waals surface area contributed by atoms with Gasteiger partial charge in [0.2, 0.25) is 0 Å². The van der Waals surface area contributed by atoms with Crippen LogP contribution in [0.3, 0.4) is 0 Å². The Kier molecular flexibility index (Phi) is 5.12. The number of urea groups is 1. The van der Waals surface area contributed by atoms with Crippen molar-refractivity contribution in [3.63, 3.8) is 0 Å². The molecule has 0 bridgehead atoms. The Balaban J connectivity index is 1.47. The van der Waals surface area contributed by atoms with Gasteiger partial charge in [-0.15, -0.1) is 0 Å². The van der Waals surface area contributed by atoms with Crippen molar-refractivity contribution >= 4 is 17.8 Å². The summed E-state index contributed by atoms with van der Waals surface area (Å²) in [4.78, 5) is 41.7. The zero-order chi connectivity index (χ0) is 22.4. The molecule has 2 aliphatic heterocycles. The number of aryl methyl sites for hydroxylation is 1. The summed E-state index contributed by atoms with van der Waals surface area (Å²) in [6.45, 7) is 9.24. The van der Waals surface area contributed by atoms with Gasteiger partial charge in [0.05, 0.1) is 13.1 Å². The van der Waals surface area contributed by atoms with Gasteiger partial charge in [-0.3, -0.25) is 14.5 Å². The summed E-state index contributed by atoms with van der Waals surface area (Å²) < 4.78 is 0. The van der Waals surface area contributed by atoms with Crippen molar-refractivity contribution in [2.24, 2.45) is 0 Å². The molecule has 2 aromatic carbocycles. The predicted molar refractivity (Wildman–Crippen MR) is 119 cm³/mol. The number of imide groups is 1. The summed E-state index contributed by atoms with van der Waals surface area (Å²) in [6, 6.07) is 15.0. The molecule has 1 unspecified atom stereocenters. The van der Waals surface area contributed by atoms with Gasteiger partial charge in [0, 0.05) is 12.1 Å². The molecular weight excluding hydrogens is 390 g/mol. The van der Waals surface area contributed by atoms with Crippen molar-refractivity contribution in [1.82, 2.24) is 15.1 Å². The van der Waals surface area contributed by atoms with E-state index in [4.69, 9.17) is 0 Å². The number of amides is 4. The minimum Gasteiger partial charge on any atom is -0.336 e. The van der Waals surface area contributed by atoms with E-state index < -0.39 is 11.6 Å². The predicted octanol–water partition coefficient (Wildman–Crippen LogP) is 3.63. The quantitative estimate of drug-likeness (QED) is 0.773. The number of rotatable bonds is 3. The van der Waals surface area contributed by atoms with Crippen LogP contribution in [0.4, 0.5) is 4.79 Å². The van der Waals surface area contributed by atoms with E-state index in [-0.39, 0.29) is 30.3 Å². The van der Waals surface area contributed by atoms with E-state index in [9.17, 15) is 14.4 Å². The maximum atomic E-state index is 13.2.